The van der Waals surface area contributed by atoms with E-state index in [2.05, 4.69) is 50.4 Å². The van der Waals surface area contributed by atoms with Crippen LogP contribution in [-0.2, 0) is 6.54 Å². The van der Waals surface area contributed by atoms with Crippen LogP contribution in [0.1, 0.15) is 31.2 Å². The van der Waals surface area contributed by atoms with Crippen molar-refractivity contribution in [3.8, 4) is 0 Å². The molecule has 1 aromatic rings. The molecular formula is C16H23BrN2. The summed E-state index contributed by atoms with van der Waals surface area (Å²) in [7, 11) is 0. The first kappa shape index (κ1) is 13.6. The van der Waals surface area contributed by atoms with Crippen LogP contribution in [0, 0.1) is 5.92 Å². The van der Waals surface area contributed by atoms with E-state index in [0.29, 0.717) is 0 Å². The topological polar surface area (TPSA) is 15.3 Å². The molecule has 2 nitrogen and oxygen atoms in total. The lowest BCUT2D eigenvalue weighted by Gasteiger charge is -2.30. The Kier molecular flexibility index (Phi) is 4.57. The molecule has 3 heteroatoms. The van der Waals surface area contributed by atoms with Crippen LogP contribution >= 0.6 is 15.9 Å². The monoisotopic (exact) mass is 322 g/mol. The van der Waals surface area contributed by atoms with Gasteiger partial charge in [0.15, 0.2) is 0 Å². The Morgan fingerprint density at radius 2 is 2.16 bits per heavy atom. The van der Waals surface area contributed by atoms with Crippen LogP contribution < -0.4 is 5.32 Å². The molecule has 1 aliphatic carbocycles. The summed E-state index contributed by atoms with van der Waals surface area (Å²) in [6.45, 7) is 4.80. The predicted molar refractivity (Wildman–Crippen MR) is 83.2 cm³/mol. The summed E-state index contributed by atoms with van der Waals surface area (Å²) in [6, 6.07) is 9.61. The number of nitrogens with zero attached hydrogens (tertiary/aromatic N) is 1. The third-order valence-corrected chi connectivity index (χ3v) is 4.72. The molecule has 19 heavy (non-hydrogen) atoms. The largest absolute Gasteiger partial charge is 0.316 e. The van der Waals surface area contributed by atoms with Crippen LogP contribution in [0.4, 0.5) is 0 Å². The van der Waals surface area contributed by atoms with Crippen molar-refractivity contribution in [2.45, 2.75) is 38.3 Å². The summed E-state index contributed by atoms with van der Waals surface area (Å²) in [5.41, 5.74) is 1.44. The van der Waals surface area contributed by atoms with Gasteiger partial charge in [-0.3, -0.25) is 4.90 Å². The molecule has 104 valence electrons. The van der Waals surface area contributed by atoms with E-state index >= 15 is 0 Å². The molecule has 2 fully saturated rings. The molecule has 2 aliphatic rings. The molecule has 1 saturated heterocycles. The van der Waals surface area contributed by atoms with Gasteiger partial charge in [-0.25, -0.2) is 0 Å². The molecule has 0 aromatic heterocycles. The average Bonchev–Trinajstić information content (AvgIpc) is 3.23. The lowest BCUT2D eigenvalue weighted by molar-refractivity contribution is 0.193. The zero-order valence-corrected chi connectivity index (χ0v) is 13.0. The summed E-state index contributed by atoms with van der Waals surface area (Å²) < 4.78 is 1.19. The summed E-state index contributed by atoms with van der Waals surface area (Å²) in [6.07, 6.45) is 5.54. The molecule has 1 atom stereocenters. The summed E-state index contributed by atoms with van der Waals surface area (Å²) in [5, 5.41) is 3.54. The molecule has 1 unspecified atom stereocenters. The van der Waals surface area contributed by atoms with Crippen molar-refractivity contribution in [3.05, 3.63) is 34.3 Å². The van der Waals surface area contributed by atoms with Crippen LogP contribution in [0.15, 0.2) is 28.7 Å². The molecule has 0 radical (unpaired) electrons. The lowest BCUT2D eigenvalue weighted by Crippen LogP contribution is -2.39. The van der Waals surface area contributed by atoms with Crippen molar-refractivity contribution in [1.82, 2.24) is 10.2 Å². The highest BCUT2D eigenvalue weighted by molar-refractivity contribution is 9.10. The zero-order chi connectivity index (χ0) is 13.1. The van der Waals surface area contributed by atoms with Gasteiger partial charge in [0.1, 0.15) is 0 Å². The van der Waals surface area contributed by atoms with E-state index in [0.717, 1.165) is 18.5 Å². The Bertz CT molecular complexity index is 411. The first-order valence-electron chi connectivity index (χ1n) is 7.50. The second-order valence-corrected chi connectivity index (χ2v) is 6.92. The van der Waals surface area contributed by atoms with Crippen LogP contribution in [0.2, 0.25) is 0 Å². The van der Waals surface area contributed by atoms with Crippen LogP contribution in [0.3, 0.4) is 0 Å². The molecule has 1 saturated carbocycles. The Hall–Kier alpha value is -0.380. The van der Waals surface area contributed by atoms with Gasteiger partial charge < -0.3 is 5.32 Å². The minimum Gasteiger partial charge on any atom is -0.316 e. The van der Waals surface area contributed by atoms with Crippen molar-refractivity contribution in [2.75, 3.05) is 19.6 Å². The molecule has 1 aliphatic heterocycles. The van der Waals surface area contributed by atoms with Crippen molar-refractivity contribution >= 4 is 15.9 Å². The van der Waals surface area contributed by atoms with E-state index in [1.54, 1.807) is 0 Å². The SMILES string of the molecule is Brc1cccc(CN(CC2CCCNC2)C2CC2)c1. The maximum Gasteiger partial charge on any atom is 0.0237 e. The standard InChI is InChI=1S/C16H23BrN2/c17-15-5-1-3-13(9-15)11-19(16-6-7-16)12-14-4-2-8-18-10-14/h1,3,5,9,14,16,18H,2,4,6-8,10-12H2. The summed E-state index contributed by atoms with van der Waals surface area (Å²) >= 11 is 3.57. The molecule has 0 bridgehead atoms. The quantitative estimate of drug-likeness (QED) is 0.893. The molecule has 0 spiro atoms. The predicted octanol–water partition coefficient (Wildman–Crippen LogP) is 3.41. The van der Waals surface area contributed by atoms with E-state index < -0.39 is 0 Å². The molecular weight excluding hydrogens is 300 g/mol. The van der Waals surface area contributed by atoms with Gasteiger partial charge in [0.25, 0.3) is 0 Å². The first-order chi connectivity index (χ1) is 9.31. The zero-order valence-electron chi connectivity index (χ0n) is 11.4. The van der Waals surface area contributed by atoms with E-state index in [4.69, 9.17) is 0 Å². The third kappa shape index (κ3) is 4.04. The normalized spacial score (nSPS) is 23.8. The Morgan fingerprint density at radius 1 is 1.26 bits per heavy atom. The van der Waals surface area contributed by atoms with E-state index in [-0.39, 0.29) is 0 Å². The van der Waals surface area contributed by atoms with Crippen molar-refractivity contribution in [1.29, 1.82) is 0 Å². The highest BCUT2D eigenvalue weighted by Crippen LogP contribution is 2.30. The second kappa shape index (κ2) is 6.38. The number of benzene rings is 1. The van der Waals surface area contributed by atoms with Gasteiger partial charge in [0.2, 0.25) is 0 Å². The van der Waals surface area contributed by atoms with Gasteiger partial charge >= 0.3 is 0 Å². The first-order valence-corrected chi connectivity index (χ1v) is 8.30. The van der Waals surface area contributed by atoms with E-state index in [9.17, 15) is 0 Å². The number of hydrogen-bond acceptors (Lipinski definition) is 2. The van der Waals surface area contributed by atoms with Crippen LogP contribution in [0.25, 0.3) is 0 Å². The molecule has 1 aromatic carbocycles. The highest BCUT2D eigenvalue weighted by Gasteiger charge is 2.30. The van der Waals surface area contributed by atoms with Crippen LogP contribution in [-0.4, -0.2) is 30.6 Å². The Morgan fingerprint density at radius 3 is 2.84 bits per heavy atom. The number of nitrogens with one attached hydrogen (secondary N) is 1. The Balaban J connectivity index is 1.60. The lowest BCUT2D eigenvalue weighted by atomic mass is 9.98. The summed E-state index contributed by atoms with van der Waals surface area (Å²) in [5.74, 6) is 0.849. The number of rotatable bonds is 5. The fourth-order valence-electron chi connectivity index (χ4n) is 3.06. The van der Waals surface area contributed by atoms with Crippen molar-refractivity contribution in [3.63, 3.8) is 0 Å². The van der Waals surface area contributed by atoms with Gasteiger partial charge in [-0.15, -0.1) is 0 Å². The van der Waals surface area contributed by atoms with Crippen LogP contribution in [0.5, 0.6) is 0 Å². The minimum atomic E-state index is 0.848. The molecule has 1 N–H and O–H groups in total. The number of hydrogen-bond donors (Lipinski definition) is 1. The fraction of sp³-hybridized carbons (Fsp3) is 0.625. The highest BCUT2D eigenvalue weighted by atomic mass is 79.9. The number of halogens is 1. The minimum absolute atomic E-state index is 0.848. The third-order valence-electron chi connectivity index (χ3n) is 4.23. The van der Waals surface area contributed by atoms with Gasteiger partial charge in [0.05, 0.1) is 0 Å². The van der Waals surface area contributed by atoms with E-state index in [1.807, 2.05) is 0 Å². The molecule has 1 heterocycles. The fourth-order valence-corrected chi connectivity index (χ4v) is 3.51. The maximum absolute atomic E-state index is 3.57. The summed E-state index contributed by atoms with van der Waals surface area (Å²) in [4.78, 5) is 2.71. The van der Waals surface area contributed by atoms with Gasteiger partial charge in [-0.05, 0) is 62.4 Å². The maximum atomic E-state index is 3.57. The smallest absolute Gasteiger partial charge is 0.0237 e. The van der Waals surface area contributed by atoms with Crippen molar-refractivity contribution in [2.24, 2.45) is 5.92 Å². The van der Waals surface area contributed by atoms with E-state index in [1.165, 1.54) is 55.4 Å². The number of piperidine rings is 1. The van der Waals surface area contributed by atoms with Gasteiger partial charge in [-0.2, -0.15) is 0 Å². The average molecular weight is 323 g/mol. The Labute approximate surface area is 124 Å². The molecule has 0 amide bonds. The molecule has 3 rings (SSSR count). The van der Waals surface area contributed by atoms with Crippen molar-refractivity contribution < 1.29 is 0 Å². The second-order valence-electron chi connectivity index (χ2n) is 6.00. The van der Waals surface area contributed by atoms with Gasteiger partial charge in [-0.1, -0.05) is 28.1 Å². The van der Waals surface area contributed by atoms with Gasteiger partial charge in [0, 0.05) is 23.6 Å².